The van der Waals surface area contributed by atoms with Crippen molar-refractivity contribution in [2.45, 2.75) is 13.5 Å². The van der Waals surface area contributed by atoms with Crippen LogP contribution in [0.5, 0.6) is 0 Å². The minimum Gasteiger partial charge on any atom is -0.358 e. The van der Waals surface area contributed by atoms with Gasteiger partial charge in [0.25, 0.3) is 0 Å². The number of nitro groups is 1. The molecule has 1 aromatic rings. The van der Waals surface area contributed by atoms with E-state index in [1.165, 1.54) is 10.8 Å². The molecule has 0 spiro atoms. The number of nitrogens with two attached hydrogens (primary N) is 1. The third kappa shape index (κ3) is 2.49. The lowest BCUT2D eigenvalue weighted by atomic mass is 10.5. The average molecular weight is 251 g/mol. The summed E-state index contributed by atoms with van der Waals surface area (Å²) in [7, 11) is 0. The zero-order valence-electron chi connectivity index (χ0n) is 7.14. The first-order valence-corrected chi connectivity index (χ1v) is 3.53. The van der Waals surface area contributed by atoms with Gasteiger partial charge in [-0.05, 0) is 4.92 Å². The third-order valence-corrected chi connectivity index (χ3v) is 1.57. The van der Waals surface area contributed by atoms with Crippen LogP contribution in [0.15, 0.2) is 6.20 Å². The Kier molecular flexibility index (Phi) is 4.57. The van der Waals surface area contributed by atoms with Crippen molar-refractivity contribution in [2.24, 2.45) is 5.73 Å². The molecule has 1 heterocycles. The van der Waals surface area contributed by atoms with E-state index in [4.69, 9.17) is 5.73 Å². The van der Waals surface area contributed by atoms with Crippen LogP contribution in [0.25, 0.3) is 0 Å². The van der Waals surface area contributed by atoms with Crippen LogP contribution in [-0.2, 0) is 6.54 Å². The molecule has 1 rings (SSSR count). The molecule has 0 bridgehead atoms. The number of aryl methyl sites for hydroxylation is 1. The third-order valence-electron chi connectivity index (χ3n) is 1.57. The lowest BCUT2D eigenvalue weighted by Crippen LogP contribution is -2.12. The van der Waals surface area contributed by atoms with Gasteiger partial charge in [-0.15, -0.1) is 17.0 Å². The summed E-state index contributed by atoms with van der Waals surface area (Å²) in [5.41, 5.74) is 5.29. The van der Waals surface area contributed by atoms with Crippen LogP contribution in [0, 0.1) is 17.0 Å². The fourth-order valence-corrected chi connectivity index (χ4v) is 1.01. The highest BCUT2D eigenvalue weighted by atomic mass is 79.9. The minimum atomic E-state index is -0.463. The second kappa shape index (κ2) is 4.93. The number of rotatable bonds is 3. The van der Waals surface area contributed by atoms with Crippen molar-refractivity contribution in [3.63, 3.8) is 0 Å². The molecule has 0 amide bonds. The first-order valence-electron chi connectivity index (χ1n) is 3.53. The summed E-state index contributed by atoms with van der Waals surface area (Å²) in [5.74, 6) is 0.616. The molecule has 0 saturated heterocycles. The molecule has 6 nitrogen and oxygen atoms in total. The summed E-state index contributed by atoms with van der Waals surface area (Å²) in [4.78, 5) is 13.8. The molecule has 0 aliphatic heterocycles. The van der Waals surface area contributed by atoms with E-state index in [9.17, 15) is 10.1 Å². The SMILES string of the molecule is Br.Cc1ncc([N+](=O)[O-])n1CCN. The molecule has 0 aliphatic carbocycles. The summed E-state index contributed by atoms with van der Waals surface area (Å²) < 4.78 is 1.49. The fourth-order valence-electron chi connectivity index (χ4n) is 1.01. The van der Waals surface area contributed by atoms with Crippen molar-refractivity contribution in [3.8, 4) is 0 Å². The largest absolute Gasteiger partial charge is 0.358 e. The summed E-state index contributed by atoms with van der Waals surface area (Å²) in [6.45, 7) is 2.52. The van der Waals surface area contributed by atoms with E-state index in [1.807, 2.05) is 0 Å². The van der Waals surface area contributed by atoms with E-state index < -0.39 is 4.92 Å². The van der Waals surface area contributed by atoms with Crippen LogP contribution < -0.4 is 5.73 Å². The predicted octanol–water partition coefficient (Wildman–Crippen LogP) is 0.636. The van der Waals surface area contributed by atoms with Crippen molar-refractivity contribution in [2.75, 3.05) is 6.54 Å². The van der Waals surface area contributed by atoms with E-state index in [0.29, 0.717) is 18.9 Å². The molecule has 0 aliphatic rings. The van der Waals surface area contributed by atoms with E-state index in [0.717, 1.165) is 0 Å². The first kappa shape index (κ1) is 12.0. The van der Waals surface area contributed by atoms with E-state index in [2.05, 4.69) is 4.98 Å². The maximum Gasteiger partial charge on any atom is 0.342 e. The summed E-state index contributed by atoms with van der Waals surface area (Å²) in [6.07, 6.45) is 1.24. The summed E-state index contributed by atoms with van der Waals surface area (Å²) in [5, 5.41) is 10.4. The molecule has 0 saturated carbocycles. The molecule has 13 heavy (non-hydrogen) atoms. The first-order chi connectivity index (χ1) is 5.66. The normalized spacial score (nSPS) is 9.38. The van der Waals surface area contributed by atoms with Gasteiger partial charge in [-0.25, -0.2) is 9.55 Å². The number of aromatic nitrogens is 2. The Morgan fingerprint density at radius 2 is 2.38 bits per heavy atom. The Morgan fingerprint density at radius 3 is 2.85 bits per heavy atom. The Morgan fingerprint density at radius 1 is 1.77 bits per heavy atom. The van der Waals surface area contributed by atoms with Crippen LogP contribution >= 0.6 is 17.0 Å². The number of imidazole rings is 1. The van der Waals surface area contributed by atoms with Gasteiger partial charge in [0.05, 0.1) is 0 Å². The van der Waals surface area contributed by atoms with Gasteiger partial charge in [0.15, 0.2) is 5.82 Å². The quantitative estimate of drug-likeness (QED) is 0.630. The fraction of sp³-hybridized carbons (Fsp3) is 0.500. The van der Waals surface area contributed by atoms with Crippen LogP contribution in [0.3, 0.4) is 0 Å². The molecular formula is C6H11BrN4O2. The van der Waals surface area contributed by atoms with E-state index in [1.54, 1.807) is 6.92 Å². The van der Waals surface area contributed by atoms with E-state index in [-0.39, 0.29) is 22.8 Å². The maximum atomic E-state index is 10.4. The highest BCUT2D eigenvalue weighted by Gasteiger charge is 2.15. The number of hydrogen-bond acceptors (Lipinski definition) is 4. The topological polar surface area (TPSA) is 87.0 Å². The molecule has 0 fully saturated rings. The second-order valence-corrected chi connectivity index (χ2v) is 2.36. The molecule has 74 valence electrons. The summed E-state index contributed by atoms with van der Waals surface area (Å²) in [6, 6.07) is 0. The van der Waals surface area contributed by atoms with Crippen molar-refractivity contribution in [3.05, 3.63) is 22.1 Å². The highest BCUT2D eigenvalue weighted by molar-refractivity contribution is 8.93. The Balaban J connectivity index is 0.00000144. The second-order valence-electron chi connectivity index (χ2n) is 2.36. The van der Waals surface area contributed by atoms with Gasteiger partial charge in [-0.2, -0.15) is 0 Å². The molecule has 0 radical (unpaired) electrons. The monoisotopic (exact) mass is 250 g/mol. The standard InChI is InChI=1S/C6H10N4O2.BrH/c1-5-8-4-6(10(11)12)9(5)3-2-7;/h4H,2-3,7H2,1H3;1H. The van der Waals surface area contributed by atoms with Gasteiger partial charge in [-0.3, -0.25) is 0 Å². The van der Waals surface area contributed by atoms with Crippen molar-refractivity contribution < 1.29 is 4.92 Å². The molecule has 2 N–H and O–H groups in total. The molecule has 0 unspecified atom stereocenters. The number of hydrogen-bond donors (Lipinski definition) is 1. The smallest absolute Gasteiger partial charge is 0.342 e. The van der Waals surface area contributed by atoms with Crippen molar-refractivity contribution in [1.29, 1.82) is 0 Å². The van der Waals surface area contributed by atoms with E-state index >= 15 is 0 Å². The minimum absolute atomic E-state index is 0. The van der Waals surface area contributed by atoms with Crippen LogP contribution in [-0.4, -0.2) is 21.0 Å². The molecular weight excluding hydrogens is 240 g/mol. The molecule has 0 aromatic carbocycles. The predicted molar refractivity (Wildman–Crippen MR) is 53.0 cm³/mol. The maximum absolute atomic E-state index is 10.4. The van der Waals surface area contributed by atoms with Gasteiger partial charge in [0.2, 0.25) is 0 Å². The molecule has 0 atom stereocenters. The van der Waals surface area contributed by atoms with Crippen LogP contribution in [0.2, 0.25) is 0 Å². The lowest BCUT2D eigenvalue weighted by Gasteiger charge is -1.99. The average Bonchev–Trinajstić information content (AvgIpc) is 2.34. The zero-order valence-corrected chi connectivity index (χ0v) is 8.85. The Labute approximate surface area is 85.7 Å². The van der Waals surface area contributed by atoms with Gasteiger partial charge >= 0.3 is 5.82 Å². The molecule has 1 aromatic heterocycles. The summed E-state index contributed by atoms with van der Waals surface area (Å²) >= 11 is 0. The Hall–Kier alpha value is -0.950. The van der Waals surface area contributed by atoms with Gasteiger partial charge in [0.1, 0.15) is 12.7 Å². The van der Waals surface area contributed by atoms with Crippen molar-refractivity contribution >= 4 is 22.8 Å². The van der Waals surface area contributed by atoms with Gasteiger partial charge in [0, 0.05) is 13.5 Å². The highest BCUT2D eigenvalue weighted by Crippen LogP contribution is 2.12. The number of halogens is 1. The molecule has 7 heteroatoms. The van der Waals surface area contributed by atoms with Crippen LogP contribution in [0.1, 0.15) is 5.82 Å². The van der Waals surface area contributed by atoms with Gasteiger partial charge in [-0.1, -0.05) is 0 Å². The lowest BCUT2D eigenvalue weighted by molar-refractivity contribution is -0.392. The van der Waals surface area contributed by atoms with Crippen LogP contribution in [0.4, 0.5) is 5.82 Å². The van der Waals surface area contributed by atoms with Crippen molar-refractivity contribution in [1.82, 2.24) is 9.55 Å². The Bertz CT molecular complexity index is 299. The zero-order chi connectivity index (χ0) is 9.14. The van der Waals surface area contributed by atoms with Gasteiger partial charge < -0.3 is 15.8 Å². The number of nitrogens with zero attached hydrogens (tertiary/aromatic N) is 3.